The molecule has 0 radical (unpaired) electrons. The molecule has 0 bridgehead atoms. The number of alkyl halides is 4. The summed E-state index contributed by atoms with van der Waals surface area (Å²) in [6.07, 6.45) is 3.40. The van der Waals surface area contributed by atoms with E-state index in [1.807, 2.05) is 16.5 Å². The predicted molar refractivity (Wildman–Crippen MR) is 143 cm³/mol. The number of amides is 1. The number of nitrogens with one attached hydrogen (secondary N) is 2. The summed E-state index contributed by atoms with van der Waals surface area (Å²) in [5, 5.41) is 6.69. The molecular weight excluding hydrogens is 512 g/mol. The van der Waals surface area contributed by atoms with Crippen molar-refractivity contribution in [3.63, 3.8) is 0 Å². The highest BCUT2D eigenvalue weighted by atomic mass is 19.4. The highest BCUT2D eigenvalue weighted by molar-refractivity contribution is 6.01. The molecule has 1 saturated carbocycles. The summed E-state index contributed by atoms with van der Waals surface area (Å²) in [5.41, 5.74) is -0.277. The summed E-state index contributed by atoms with van der Waals surface area (Å²) >= 11 is 0. The Balaban J connectivity index is 1.39. The summed E-state index contributed by atoms with van der Waals surface area (Å²) in [6.45, 7) is 4.38. The van der Waals surface area contributed by atoms with Crippen molar-refractivity contribution in [2.24, 2.45) is 0 Å². The molecule has 2 aliphatic rings. The molecule has 3 heterocycles. The summed E-state index contributed by atoms with van der Waals surface area (Å²) in [6, 6.07) is 6.50. The van der Waals surface area contributed by atoms with Crippen LogP contribution in [0.25, 0.3) is 22.4 Å². The smallest absolute Gasteiger partial charge is 0.379 e. The van der Waals surface area contributed by atoms with Crippen LogP contribution in [0.15, 0.2) is 49.4 Å². The van der Waals surface area contributed by atoms with Gasteiger partial charge in [0, 0.05) is 48.3 Å². The van der Waals surface area contributed by atoms with Gasteiger partial charge in [0.1, 0.15) is 11.9 Å². The fourth-order valence-corrected chi connectivity index (χ4v) is 4.74. The van der Waals surface area contributed by atoms with Crippen LogP contribution in [0.2, 0.25) is 0 Å². The van der Waals surface area contributed by atoms with Crippen molar-refractivity contribution >= 4 is 34.0 Å². The third-order valence-electron chi connectivity index (χ3n) is 7.08. The van der Waals surface area contributed by atoms with Crippen molar-refractivity contribution in [2.45, 2.75) is 43.7 Å². The van der Waals surface area contributed by atoms with Gasteiger partial charge in [0.25, 0.3) is 5.91 Å². The average molecular weight is 543 g/mol. The molecule has 1 aromatic carbocycles. The van der Waals surface area contributed by atoms with Gasteiger partial charge >= 0.3 is 6.18 Å². The second-order valence-corrected chi connectivity index (χ2v) is 10.1. The molecule has 3 aromatic rings. The summed E-state index contributed by atoms with van der Waals surface area (Å²) < 4.78 is 57.7. The van der Waals surface area contributed by atoms with Crippen LogP contribution in [-0.2, 0) is 0 Å². The van der Waals surface area contributed by atoms with Crippen LogP contribution in [0.5, 0.6) is 0 Å². The molecule has 1 amide bonds. The topological polar surface area (TPSA) is 75.1 Å². The number of benzene rings is 1. The summed E-state index contributed by atoms with van der Waals surface area (Å²) in [7, 11) is 1.85. The molecule has 206 valence electrons. The predicted octanol–water partition coefficient (Wildman–Crippen LogP) is 5.24. The number of imidazole rings is 1. The maximum absolute atomic E-state index is 14.7. The molecule has 0 spiro atoms. The van der Waals surface area contributed by atoms with Crippen molar-refractivity contribution in [3.05, 3.63) is 66.5 Å². The van der Waals surface area contributed by atoms with Crippen LogP contribution >= 0.6 is 0 Å². The van der Waals surface area contributed by atoms with E-state index in [0.29, 0.717) is 35.8 Å². The van der Waals surface area contributed by atoms with Crippen LogP contribution in [0.4, 0.5) is 23.2 Å². The number of hydrogen-bond donors (Lipinski definition) is 2. The lowest BCUT2D eigenvalue weighted by molar-refractivity contribution is -0.0688. The molecule has 5 rings (SSSR count). The number of halogens is 4. The molecule has 1 aliphatic heterocycles. The maximum atomic E-state index is 14.7. The monoisotopic (exact) mass is 542 g/mol. The molecule has 2 atom stereocenters. The Morgan fingerprint density at radius 1 is 1.23 bits per heavy atom. The number of allylic oxidation sites excluding steroid dienone is 1. The number of aromatic nitrogens is 3. The molecular formula is C28H30F4N6O. The Bertz CT molecular complexity index is 1410. The molecule has 2 N–H and O–H groups in total. The van der Waals surface area contributed by atoms with E-state index in [4.69, 9.17) is 0 Å². The lowest BCUT2D eigenvalue weighted by Crippen LogP contribution is -2.46. The molecule has 0 unspecified atom stereocenters. The fourth-order valence-electron chi connectivity index (χ4n) is 4.74. The van der Waals surface area contributed by atoms with Gasteiger partial charge in [-0.25, -0.2) is 14.4 Å². The van der Waals surface area contributed by atoms with E-state index >= 15 is 0 Å². The van der Waals surface area contributed by atoms with Crippen LogP contribution in [-0.4, -0.2) is 70.4 Å². The van der Waals surface area contributed by atoms with Gasteiger partial charge in [-0.2, -0.15) is 13.2 Å². The Hall–Kier alpha value is -3.73. The zero-order valence-electron chi connectivity index (χ0n) is 21.5. The van der Waals surface area contributed by atoms with Gasteiger partial charge in [0.05, 0.1) is 29.3 Å². The second kappa shape index (κ2) is 10.8. The maximum Gasteiger partial charge on any atom is 0.417 e. The van der Waals surface area contributed by atoms with Crippen molar-refractivity contribution in [1.29, 1.82) is 0 Å². The number of pyridine rings is 1. The second-order valence-electron chi connectivity index (χ2n) is 10.1. The zero-order chi connectivity index (χ0) is 27.7. The molecule has 7 nitrogen and oxygen atoms in total. The van der Waals surface area contributed by atoms with Crippen molar-refractivity contribution < 1.29 is 22.4 Å². The first-order valence-corrected chi connectivity index (χ1v) is 12.9. The first-order valence-electron chi connectivity index (χ1n) is 12.9. The number of fused-ring (bicyclic) bond motifs is 1. The van der Waals surface area contributed by atoms with Gasteiger partial charge in [-0.1, -0.05) is 24.8 Å². The molecule has 11 heteroatoms. The number of nitrogens with zero attached hydrogens (tertiary/aromatic N) is 4. The van der Waals surface area contributed by atoms with E-state index < -0.39 is 24.0 Å². The van der Waals surface area contributed by atoms with Gasteiger partial charge in [0.2, 0.25) is 0 Å². The number of carbonyl (C=O) groups excluding carboxylic acids is 1. The van der Waals surface area contributed by atoms with E-state index in [-0.39, 0.29) is 35.8 Å². The van der Waals surface area contributed by atoms with Crippen LogP contribution in [0, 0.1) is 0 Å². The van der Waals surface area contributed by atoms with Crippen LogP contribution < -0.4 is 10.6 Å². The number of anilines is 1. The van der Waals surface area contributed by atoms with E-state index in [0.717, 1.165) is 12.8 Å². The number of hydrogen-bond acceptors (Lipinski definition) is 5. The van der Waals surface area contributed by atoms with Crippen LogP contribution in [0.3, 0.4) is 0 Å². The lowest BCUT2D eigenvalue weighted by Gasteiger charge is -2.33. The first kappa shape index (κ1) is 26.9. The van der Waals surface area contributed by atoms with Crippen molar-refractivity contribution in [3.8, 4) is 0 Å². The summed E-state index contributed by atoms with van der Waals surface area (Å²) in [4.78, 5) is 22.7. The quantitative estimate of drug-likeness (QED) is 0.381. The molecule has 2 fully saturated rings. The van der Waals surface area contributed by atoms with Gasteiger partial charge in [-0.3, -0.25) is 4.79 Å². The zero-order valence-corrected chi connectivity index (χ0v) is 21.5. The van der Waals surface area contributed by atoms with E-state index in [9.17, 15) is 22.4 Å². The van der Waals surface area contributed by atoms with Crippen molar-refractivity contribution in [1.82, 2.24) is 24.8 Å². The van der Waals surface area contributed by atoms with E-state index in [2.05, 4.69) is 27.2 Å². The highest BCUT2D eigenvalue weighted by Crippen LogP contribution is 2.38. The van der Waals surface area contributed by atoms with Gasteiger partial charge in [0.15, 0.2) is 0 Å². The highest BCUT2D eigenvalue weighted by Gasteiger charge is 2.35. The number of carbonyl (C=O) groups is 1. The molecule has 1 aliphatic carbocycles. The minimum atomic E-state index is -4.68. The largest absolute Gasteiger partial charge is 0.417 e. The Kier molecular flexibility index (Phi) is 7.44. The van der Waals surface area contributed by atoms with E-state index in [1.165, 1.54) is 0 Å². The Morgan fingerprint density at radius 3 is 2.74 bits per heavy atom. The van der Waals surface area contributed by atoms with Crippen molar-refractivity contribution in [2.75, 3.05) is 32.0 Å². The third-order valence-corrected chi connectivity index (χ3v) is 7.08. The molecule has 2 aromatic heterocycles. The lowest BCUT2D eigenvalue weighted by atomic mass is 9.99. The minimum Gasteiger partial charge on any atom is -0.379 e. The normalized spacial score (nSPS) is 20.4. The average Bonchev–Trinajstić information content (AvgIpc) is 3.63. The van der Waals surface area contributed by atoms with Gasteiger partial charge in [-0.15, -0.1) is 0 Å². The van der Waals surface area contributed by atoms with Gasteiger partial charge in [-0.05, 0) is 44.5 Å². The number of piperidine rings is 1. The number of rotatable bonds is 8. The molecule has 39 heavy (non-hydrogen) atoms. The van der Waals surface area contributed by atoms with Gasteiger partial charge < -0.3 is 20.1 Å². The Morgan fingerprint density at radius 2 is 2.03 bits per heavy atom. The first-order chi connectivity index (χ1) is 18.6. The van der Waals surface area contributed by atoms with Crippen LogP contribution in [0.1, 0.15) is 47.2 Å². The fraction of sp³-hybridized carbons (Fsp3) is 0.393. The Labute approximate surface area is 223 Å². The van der Waals surface area contributed by atoms with E-state index in [1.54, 1.807) is 48.9 Å². The third kappa shape index (κ3) is 6.13. The summed E-state index contributed by atoms with van der Waals surface area (Å²) in [5.74, 6) is -0.345. The standard InChI is InChI=1S/C28H30F4N6O/c1-17(28(30,31)32)26-20-6-3-7-23(36-24-10-12-37(2)14-22(24)29)21(20)13-18(35-26)5-4-11-33-27(39)25-15-38(16-34-25)19-8-9-19/h3-7,13,15-16,19,22,24,36H,1,8-12,14H2,2H3,(H,33,39)/b5-4+/t22-,24+/m0/s1. The number of likely N-dealkylation sites (tertiary alicyclic amines) is 1. The SMILES string of the molecule is C=C(c1nc(/C=C/CNC(=O)c2cn(C3CC3)cn2)cc2c(N[C@@H]3CCN(C)C[C@@H]3F)cccc12)C(F)(F)F. The minimum absolute atomic E-state index is 0.128. The molecule has 1 saturated heterocycles.